The summed E-state index contributed by atoms with van der Waals surface area (Å²) in [5.74, 6) is 5.30. The topological polar surface area (TPSA) is 117 Å². The maximum Gasteiger partial charge on any atom is 0.253 e. The first kappa shape index (κ1) is 34.1. The van der Waals surface area contributed by atoms with Crippen LogP contribution < -0.4 is 15.9 Å². The van der Waals surface area contributed by atoms with Crippen molar-refractivity contribution in [2.45, 2.75) is 55.5 Å². The quantitative estimate of drug-likeness (QED) is 0.116. The summed E-state index contributed by atoms with van der Waals surface area (Å²) in [5.41, 5.74) is 7.21. The van der Waals surface area contributed by atoms with Crippen LogP contribution in [0.4, 0.5) is 10.1 Å². The zero-order valence-corrected chi connectivity index (χ0v) is 27.9. The summed E-state index contributed by atoms with van der Waals surface area (Å²) in [7, 11) is 0.121. The second-order valence-electron chi connectivity index (χ2n) is 11.7. The third-order valence-electron chi connectivity index (χ3n) is 8.01. The average molecular weight is 690 g/mol. The maximum atomic E-state index is 15.0. The summed E-state index contributed by atoms with van der Waals surface area (Å²) in [6.45, 7) is 0.477. The third kappa shape index (κ3) is 8.98. The average Bonchev–Trinajstić information content (AvgIpc) is 3.95. The molecule has 6 rings (SSSR count). The van der Waals surface area contributed by atoms with Gasteiger partial charge in [0.15, 0.2) is 0 Å². The number of hydrazone groups is 1. The number of para-hydroxylation sites is 1. The smallest absolute Gasteiger partial charge is 0.253 e. The number of hydrazine groups is 1. The molecule has 46 heavy (non-hydrogen) atoms. The van der Waals surface area contributed by atoms with Crippen LogP contribution in [0.5, 0.6) is 0 Å². The predicted octanol–water partition coefficient (Wildman–Crippen LogP) is 5.67. The molecule has 3 aromatic carbocycles. The number of nitrogens with two attached hydrogens (primary N) is 2. The molecule has 1 saturated heterocycles. The zero-order chi connectivity index (χ0) is 32.8. The molecule has 0 radical (unpaired) electrons. The number of carbonyl (C=O) groups excluding carboxylic acids is 1. The number of anilines is 1. The number of ether oxygens (including phenoxy) is 1. The molecule has 2 aliphatic carbocycles. The van der Waals surface area contributed by atoms with Crippen LogP contribution in [-0.4, -0.2) is 63.6 Å². The largest absolute Gasteiger partial charge is 0.386 e. The fourth-order valence-electron chi connectivity index (χ4n) is 5.50. The number of amides is 1. The number of nitrogens with zero attached hydrogens (tertiary/aromatic N) is 4. The summed E-state index contributed by atoms with van der Waals surface area (Å²) < 4.78 is 36.3. The van der Waals surface area contributed by atoms with Crippen molar-refractivity contribution in [3.05, 3.63) is 100 Å². The highest BCUT2D eigenvalue weighted by Crippen LogP contribution is 2.43. The van der Waals surface area contributed by atoms with E-state index in [0.717, 1.165) is 41.4 Å². The molecule has 4 atom stereocenters. The van der Waals surface area contributed by atoms with E-state index in [1.807, 2.05) is 47.4 Å². The van der Waals surface area contributed by atoms with Crippen molar-refractivity contribution >= 4 is 51.6 Å². The number of hydrogen-bond acceptors (Lipinski definition) is 6. The van der Waals surface area contributed by atoms with Crippen LogP contribution in [-0.2, 0) is 20.5 Å². The van der Waals surface area contributed by atoms with E-state index in [9.17, 15) is 9.00 Å². The monoisotopic (exact) mass is 688 g/mol. The molecule has 3 aromatic rings. The van der Waals surface area contributed by atoms with Crippen LogP contribution in [0.3, 0.4) is 0 Å². The van der Waals surface area contributed by atoms with Crippen molar-refractivity contribution in [2.24, 2.45) is 22.6 Å². The van der Waals surface area contributed by atoms with Gasteiger partial charge in [-0.3, -0.25) is 9.10 Å². The van der Waals surface area contributed by atoms with Crippen molar-refractivity contribution < 1.29 is 18.1 Å². The molecule has 0 aromatic heterocycles. The number of rotatable bonds is 11. The van der Waals surface area contributed by atoms with Gasteiger partial charge in [0, 0.05) is 23.5 Å². The maximum absolute atomic E-state index is 15.0. The van der Waals surface area contributed by atoms with Gasteiger partial charge in [-0.25, -0.2) is 19.6 Å². The fourth-order valence-corrected chi connectivity index (χ4v) is 7.31. The molecule has 2 saturated carbocycles. The number of morpholine rings is 1. The SMILES string of the molecule is CN(N)/N=C(\N)C[C@@H]1OCC(c2ccc(Cl)cc2)N(C(CN(c2ccccc2F)S(=O)C2CC2)C2CC2)C1=O.Clc1ccccc1. The number of hydrogen-bond donors (Lipinski definition) is 2. The summed E-state index contributed by atoms with van der Waals surface area (Å²) in [5, 5.41) is 6.47. The van der Waals surface area contributed by atoms with Crippen LogP contribution in [0.1, 0.15) is 43.7 Å². The Morgan fingerprint density at radius 2 is 1.65 bits per heavy atom. The van der Waals surface area contributed by atoms with Gasteiger partial charge in [0.1, 0.15) is 28.7 Å². The van der Waals surface area contributed by atoms with Gasteiger partial charge in [-0.2, -0.15) is 0 Å². The van der Waals surface area contributed by atoms with E-state index in [0.29, 0.717) is 5.02 Å². The van der Waals surface area contributed by atoms with Gasteiger partial charge in [-0.05, 0) is 73.6 Å². The van der Waals surface area contributed by atoms with E-state index in [1.165, 1.54) is 6.07 Å². The van der Waals surface area contributed by atoms with Gasteiger partial charge < -0.3 is 15.4 Å². The number of amidine groups is 1. The van der Waals surface area contributed by atoms with Crippen molar-refractivity contribution in [2.75, 3.05) is 24.5 Å². The Hall–Kier alpha value is -3.22. The summed E-state index contributed by atoms with van der Waals surface area (Å²) >= 11 is 11.7. The molecule has 1 heterocycles. The lowest BCUT2D eigenvalue weighted by Gasteiger charge is -2.45. The van der Waals surface area contributed by atoms with Crippen molar-refractivity contribution in [3.63, 3.8) is 0 Å². The number of halogens is 3. The molecule has 3 fully saturated rings. The minimum absolute atomic E-state index is 0.00563. The van der Waals surface area contributed by atoms with E-state index in [1.54, 1.807) is 41.7 Å². The fraction of sp³-hybridized carbons (Fsp3) is 0.394. The first-order valence-corrected chi connectivity index (χ1v) is 17.2. The molecule has 3 aliphatic rings. The van der Waals surface area contributed by atoms with Crippen LogP contribution >= 0.6 is 23.2 Å². The lowest BCUT2D eigenvalue weighted by atomic mass is 9.97. The number of carbonyl (C=O) groups is 1. The molecule has 13 heteroatoms. The molecule has 1 aliphatic heterocycles. The van der Waals surface area contributed by atoms with E-state index in [4.69, 9.17) is 39.5 Å². The Bertz CT molecular complexity index is 1530. The third-order valence-corrected chi connectivity index (χ3v) is 10.3. The highest BCUT2D eigenvalue weighted by atomic mass is 35.5. The van der Waals surface area contributed by atoms with Crippen molar-refractivity contribution in [1.82, 2.24) is 10.0 Å². The summed E-state index contributed by atoms with van der Waals surface area (Å²) in [6, 6.07) is 22.5. The Morgan fingerprint density at radius 3 is 2.22 bits per heavy atom. The highest BCUT2D eigenvalue weighted by molar-refractivity contribution is 7.87. The molecule has 1 amide bonds. The lowest BCUT2D eigenvalue weighted by molar-refractivity contribution is -0.164. The molecule has 3 unspecified atom stereocenters. The van der Waals surface area contributed by atoms with Crippen LogP contribution in [0, 0.1) is 11.7 Å². The Morgan fingerprint density at radius 1 is 1.02 bits per heavy atom. The normalized spacial score (nSPS) is 21.2. The minimum atomic E-state index is -1.42. The second kappa shape index (κ2) is 15.6. The van der Waals surface area contributed by atoms with Gasteiger partial charge in [-0.1, -0.05) is 65.7 Å². The Kier molecular flexibility index (Phi) is 11.6. The van der Waals surface area contributed by atoms with E-state index in [-0.39, 0.29) is 54.2 Å². The number of benzene rings is 3. The van der Waals surface area contributed by atoms with Gasteiger partial charge >= 0.3 is 0 Å². The summed E-state index contributed by atoms with van der Waals surface area (Å²) in [4.78, 5) is 16.0. The van der Waals surface area contributed by atoms with E-state index < -0.39 is 28.9 Å². The first-order chi connectivity index (χ1) is 22.1. The molecule has 9 nitrogen and oxygen atoms in total. The van der Waals surface area contributed by atoms with Gasteiger partial charge in [0.05, 0.1) is 36.2 Å². The van der Waals surface area contributed by atoms with Gasteiger partial charge in [0.25, 0.3) is 5.91 Å². The molecular formula is C33H39Cl2FN6O3S. The van der Waals surface area contributed by atoms with Gasteiger partial charge in [-0.15, -0.1) is 5.10 Å². The predicted molar refractivity (Wildman–Crippen MR) is 182 cm³/mol. The standard InChI is InChI=1S/C27H34ClFN6O3S.C6H5Cl/c1-33(31)32-26(30)14-25-27(36)35(24(16-38-25)18-8-10-19(28)11-9-18)23(17-6-7-17)15-34(39(37)20-12-13-20)22-5-3-2-4-21(22)29;7-6-4-2-1-3-5-6/h2-5,8-11,17,20,23-25H,6-7,12-16,31H2,1H3,(H2,30,32);1-5H/t23?,24?,25-,39?;/m0./s1. The molecule has 0 bridgehead atoms. The van der Waals surface area contributed by atoms with Crippen molar-refractivity contribution in [1.29, 1.82) is 0 Å². The zero-order valence-electron chi connectivity index (χ0n) is 25.6. The Balaban J connectivity index is 0.000000527. The van der Waals surface area contributed by atoms with E-state index >= 15 is 4.39 Å². The highest BCUT2D eigenvalue weighted by Gasteiger charge is 2.48. The molecule has 246 valence electrons. The van der Waals surface area contributed by atoms with Gasteiger partial charge in [0.2, 0.25) is 0 Å². The molecular weight excluding hydrogens is 650 g/mol. The van der Waals surface area contributed by atoms with Crippen molar-refractivity contribution in [3.8, 4) is 0 Å². The molecule has 0 spiro atoms. The molecule has 4 N–H and O–H groups in total. The van der Waals surface area contributed by atoms with Crippen LogP contribution in [0.2, 0.25) is 10.0 Å². The summed E-state index contributed by atoms with van der Waals surface area (Å²) in [6.07, 6.45) is 2.76. The first-order valence-electron chi connectivity index (χ1n) is 15.3. The van der Waals surface area contributed by atoms with Crippen LogP contribution in [0.15, 0.2) is 84.0 Å². The van der Waals surface area contributed by atoms with E-state index in [2.05, 4.69) is 5.10 Å². The lowest BCUT2D eigenvalue weighted by Crippen LogP contribution is -2.58. The Labute approximate surface area is 281 Å². The minimum Gasteiger partial charge on any atom is -0.386 e. The second-order valence-corrected chi connectivity index (χ2v) is 14.2. The van der Waals surface area contributed by atoms with Crippen LogP contribution in [0.25, 0.3) is 0 Å².